The monoisotopic (exact) mass is 244 g/mol. The van der Waals surface area contributed by atoms with Crippen LogP contribution in [0.2, 0.25) is 0 Å². The molecule has 18 heavy (non-hydrogen) atoms. The zero-order valence-corrected chi connectivity index (χ0v) is 11.2. The second kappa shape index (κ2) is 5.36. The summed E-state index contributed by atoms with van der Waals surface area (Å²) < 4.78 is 1.79. The summed E-state index contributed by atoms with van der Waals surface area (Å²) in [6.45, 7) is 4.12. The van der Waals surface area contributed by atoms with E-state index >= 15 is 0 Å². The summed E-state index contributed by atoms with van der Waals surface area (Å²) in [6, 6.07) is 6.19. The lowest BCUT2D eigenvalue weighted by Crippen LogP contribution is -2.02. The number of benzene rings is 1. The average Bonchev–Trinajstić information content (AvgIpc) is 2.72. The summed E-state index contributed by atoms with van der Waals surface area (Å²) in [5, 5.41) is 14.4. The van der Waals surface area contributed by atoms with Crippen molar-refractivity contribution in [3.63, 3.8) is 0 Å². The SMILES string of the molecule is Cc1ccc(C(O)CCc2cnn(C)c2)c(C)c1. The lowest BCUT2D eigenvalue weighted by Gasteiger charge is -2.13. The Kier molecular flexibility index (Phi) is 3.82. The van der Waals surface area contributed by atoms with E-state index in [1.807, 2.05) is 25.5 Å². The van der Waals surface area contributed by atoms with Crippen molar-refractivity contribution in [2.24, 2.45) is 7.05 Å². The Morgan fingerprint density at radius 2 is 2.11 bits per heavy atom. The summed E-state index contributed by atoms with van der Waals surface area (Å²) in [5.74, 6) is 0. The Hall–Kier alpha value is -1.61. The molecule has 2 rings (SSSR count). The lowest BCUT2D eigenvalue weighted by atomic mass is 9.97. The Labute approximate surface area is 108 Å². The molecular weight excluding hydrogens is 224 g/mol. The Morgan fingerprint density at radius 3 is 2.72 bits per heavy atom. The van der Waals surface area contributed by atoms with Gasteiger partial charge in [0.05, 0.1) is 12.3 Å². The summed E-state index contributed by atoms with van der Waals surface area (Å²) in [6.07, 6.45) is 5.03. The zero-order valence-electron chi connectivity index (χ0n) is 11.2. The van der Waals surface area contributed by atoms with Crippen LogP contribution in [0.3, 0.4) is 0 Å². The molecule has 96 valence electrons. The third-order valence-electron chi connectivity index (χ3n) is 3.25. The van der Waals surface area contributed by atoms with E-state index in [2.05, 4.69) is 31.1 Å². The third kappa shape index (κ3) is 2.99. The largest absolute Gasteiger partial charge is 0.388 e. The number of nitrogens with zero attached hydrogens (tertiary/aromatic N) is 2. The molecule has 1 N–H and O–H groups in total. The molecule has 3 nitrogen and oxygen atoms in total. The van der Waals surface area contributed by atoms with Crippen molar-refractivity contribution < 1.29 is 5.11 Å². The summed E-state index contributed by atoms with van der Waals surface area (Å²) in [5.41, 5.74) is 4.59. The second-order valence-corrected chi connectivity index (χ2v) is 4.94. The smallest absolute Gasteiger partial charge is 0.0795 e. The minimum absolute atomic E-state index is 0.397. The number of hydrogen-bond donors (Lipinski definition) is 1. The standard InChI is InChI=1S/C15H20N2O/c1-11-4-6-14(12(2)8-11)15(18)7-5-13-9-16-17(3)10-13/h4,6,8-10,15,18H,5,7H2,1-3H3. The number of rotatable bonds is 4. The quantitative estimate of drug-likeness (QED) is 0.898. The van der Waals surface area contributed by atoms with Crippen molar-refractivity contribution in [2.75, 3.05) is 0 Å². The first-order valence-corrected chi connectivity index (χ1v) is 6.29. The Morgan fingerprint density at radius 1 is 1.33 bits per heavy atom. The first-order chi connectivity index (χ1) is 8.56. The molecule has 0 fully saturated rings. The van der Waals surface area contributed by atoms with Crippen LogP contribution in [0, 0.1) is 13.8 Å². The topological polar surface area (TPSA) is 38.1 Å². The molecule has 1 unspecified atom stereocenters. The van der Waals surface area contributed by atoms with Crippen LogP contribution in [-0.4, -0.2) is 14.9 Å². The molecule has 0 bridgehead atoms. The summed E-state index contributed by atoms with van der Waals surface area (Å²) in [7, 11) is 1.91. The number of aliphatic hydroxyl groups is 1. The van der Waals surface area contributed by atoms with E-state index < -0.39 is 6.10 Å². The fraction of sp³-hybridized carbons (Fsp3) is 0.400. The molecule has 3 heteroatoms. The highest BCUT2D eigenvalue weighted by Crippen LogP contribution is 2.23. The lowest BCUT2D eigenvalue weighted by molar-refractivity contribution is 0.167. The van der Waals surface area contributed by atoms with Gasteiger partial charge in [-0.2, -0.15) is 5.10 Å². The van der Waals surface area contributed by atoms with Crippen molar-refractivity contribution >= 4 is 0 Å². The van der Waals surface area contributed by atoms with E-state index in [1.165, 1.54) is 11.1 Å². The van der Waals surface area contributed by atoms with E-state index in [-0.39, 0.29) is 0 Å². The molecule has 0 radical (unpaired) electrons. The zero-order chi connectivity index (χ0) is 13.1. The maximum Gasteiger partial charge on any atom is 0.0795 e. The van der Waals surface area contributed by atoms with Crippen LogP contribution in [0.5, 0.6) is 0 Å². The first kappa shape index (κ1) is 12.8. The second-order valence-electron chi connectivity index (χ2n) is 4.94. The fourth-order valence-electron chi connectivity index (χ4n) is 2.26. The van der Waals surface area contributed by atoms with Crippen molar-refractivity contribution in [2.45, 2.75) is 32.8 Å². The van der Waals surface area contributed by atoms with Gasteiger partial charge in [0, 0.05) is 13.2 Å². The van der Waals surface area contributed by atoms with Crippen LogP contribution in [0.25, 0.3) is 0 Å². The minimum atomic E-state index is -0.397. The molecule has 0 amide bonds. The predicted octanol–water partition coefficient (Wildman–Crippen LogP) is 2.70. The van der Waals surface area contributed by atoms with Crippen molar-refractivity contribution in [1.29, 1.82) is 0 Å². The van der Waals surface area contributed by atoms with Gasteiger partial charge < -0.3 is 5.11 Å². The predicted molar refractivity (Wildman–Crippen MR) is 72.4 cm³/mol. The van der Waals surface area contributed by atoms with Gasteiger partial charge in [-0.15, -0.1) is 0 Å². The van der Waals surface area contributed by atoms with E-state index in [1.54, 1.807) is 4.68 Å². The van der Waals surface area contributed by atoms with Gasteiger partial charge in [-0.25, -0.2) is 0 Å². The first-order valence-electron chi connectivity index (χ1n) is 6.29. The Bertz CT molecular complexity index is 531. The van der Waals surface area contributed by atoms with Gasteiger partial charge in [0.2, 0.25) is 0 Å². The molecule has 0 saturated carbocycles. The van der Waals surface area contributed by atoms with Crippen LogP contribution >= 0.6 is 0 Å². The molecule has 2 aromatic rings. The van der Waals surface area contributed by atoms with Gasteiger partial charge in [0.15, 0.2) is 0 Å². The van der Waals surface area contributed by atoms with Gasteiger partial charge in [0.25, 0.3) is 0 Å². The fourth-order valence-corrected chi connectivity index (χ4v) is 2.26. The van der Waals surface area contributed by atoms with E-state index in [4.69, 9.17) is 0 Å². The molecule has 1 aromatic heterocycles. The highest BCUT2D eigenvalue weighted by molar-refractivity contribution is 5.32. The number of aryl methyl sites for hydroxylation is 4. The van der Waals surface area contributed by atoms with Gasteiger partial charge in [0.1, 0.15) is 0 Å². The molecule has 0 aliphatic heterocycles. The van der Waals surface area contributed by atoms with E-state index in [0.29, 0.717) is 0 Å². The molecule has 0 saturated heterocycles. The molecule has 0 spiro atoms. The maximum atomic E-state index is 10.2. The number of hydrogen-bond acceptors (Lipinski definition) is 2. The average molecular weight is 244 g/mol. The van der Waals surface area contributed by atoms with Crippen LogP contribution in [0.15, 0.2) is 30.6 Å². The third-order valence-corrected chi connectivity index (χ3v) is 3.25. The van der Waals surface area contributed by atoms with Gasteiger partial charge in [-0.1, -0.05) is 23.8 Å². The number of aromatic nitrogens is 2. The van der Waals surface area contributed by atoms with Crippen LogP contribution in [-0.2, 0) is 13.5 Å². The van der Waals surface area contributed by atoms with Crippen LogP contribution in [0.4, 0.5) is 0 Å². The van der Waals surface area contributed by atoms with Crippen molar-refractivity contribution in [1.82, 2.24) is 9.78 Å². The number of aliphatic hydroxyl groups excluding tert-OH is 1. The van der Waals surface area contributed by atoms with Crippen LogP contribution < -0.4 is 0 Å². The normalized spacial score (nSPS) is 12.7. The van der Waals surface area contributed by atoms with Crippen molar-refractivity contribution in [3.05, 3.63) is 52.8 Å². The molecule has 1 atom stereocenters. The summed E-state index contributed by atoms with van der Waals surface area (Å²) in [4.78, 5) is 0. The Balaban J connectivity index is 2.01. The minimum Gasteiger partial charge on any atom is -0.388 e. The maximum absolute atomic E-state index is 10.2. The van der Waals surface area contributed by atoms with E-state index in [9.17, 15) is 5.11 Å². The van der Waals surface area contributed by atoms with Gasteiger partial charge in [-0.3, -0.25) is 4.68 Å². The van der Waals surface area contributed by atoms with Gasteiger partial charge in [-0.05, 0) is 43.4 Å². The molecule has 1 aromatic carbocycles. The molecule has 1 heterocycles. The van der Waals surface area contributed by atoms with Crippen molar-refractivity contribution in [3.8, 4) is 0 Å². The molecular formula is C15H20N2O. The van der Waals surface area contributed by atoms with Gasteiger partial charge >= 0.3 is 0 Å². The molecule has 0 aliphatic carbocycles. The highest BCUT2D eigenvalue weighted by Gasteiger charge is 2.11. The summed E-state index contributed by atoms with van der Waals surface area (Å²) >= 11 is 0. The molecule has 0 aliphatic rings. The van der Waals surface area contributed by atoms with E-state index in [0.717, 1.165) is 24.0 Å². The highest BCUT2D eigenvalue weighted by atomic mass is 16.3. The van der Waals surface area contributed by atoms with Crippen LogP contribution in [0.1, 0.15) is 34.8 Å².